The van der Waals surface area contributed by atoms with Crippen LogP contribution in [0.3, 0.4) is 0 Å². The summed E-state index contributed by atoms with van der Waals surface area (Å²) in [6.45, 7) is 2.21. The second-order valence-electron chi connectivity index (χ2n) is 7.09. The van der Waals surface area contributed by atoms with E-state index >= 15 is 0 Å². The van der Waals surface area contributed by atoms with Crippen molar-refractivity contribution in [3.8, 4) is 0 Å². The van der Waals surface area contributed by atoms with Gasteiger partial charge in [-0.25, -0.2) is 0 Å². The molecule has 0 bridgehead atoms. The third-order valence-electron chi connectivity index (χ3n) is 5.47. The predicted molar refractivity (Wildman–Crippen MR) is 92.2 cm³/mol. The molecule has 24 heavy (non-hydrogen) atoms. The Morgan fingerprint density at radius 1 is 1.12 bits per heavy atom. The normalized spacial score (nSPS) is 19.0. The van der Waals surface area contributed by atoms with Crippen LogP contribution in [0.15, 0.2) is 24.5 Å². The Bertz CT molecular complexity index is 563. The fourth-order valence-electron chi connectivity index (χ4n) is 3.53. The van der Waals surface area contributed by atoms with Crippen molar-refractivity contribution in [3.63, 3.8) is 0 Å². The number of likely N-dealkylation sites (N-methyl/N-ethyl adjacent to an activating group) is 1. The molecule has 1 aromatic heterocycles. The van der Waals surface area contributed by atoms with E-state index in [-0.39, 0.29) is 17.7 Å². The van der Waals surface area contributed by atoms with E-state index in [1.54, 1.807) is 12.4 Å². The molecule has 1 aliphatic heterocycles. The number of carbonyl (C=O) groups excluding carboxylic acids is 2. The summed E-state index contributed by atoms with van der Waals surface area (Å²) in [4.78, 5) is 32.7. The lowest BCUT2D eigenvalue weighted by atomic mass is 9.83. The maximum atomic E-state index is 12.6. The van der Waals surface area contributed by atoms with Crippen LogP contribution in [0, 0.1) is 11.8 Å². The molecule has 2 amide bonds. The molecule has 5 heteroatoms. The van der Waals surface area contributed by atoms with Crippen LogP contribution in [-0.4, -0.2) is 53.3 Å². The van der Waals surface area contributed by atoms with Crippen molar-refractivity contribution in [2.45, 2.75) is 38.5 Å². The van der Waals surface area contributed by atoms with E-state index in [1.165, 1.54) is 12.0 Å². The van der Waals surface area contributed by atoms with Gasteiger partial charge in [0.15, 0.2) is 0 Å². The number of nitrogens with zero attached hydrogens (tertiary/aromatic N) is 3. The van der Waals surface area contributed by atoms with Crippen molar-refractivity contribution in [3.05, 3.63) is 30.1 Å². The average molecular weight is 329 g/mol. The first-order valence-corrected chi connectivity index (χ1v) is 9.08. The van der Waals surface area contributed by atoms with E-state index in [4.69, 9.17) is 0 Å². The van der Waals surface area contributed by atoms with E-state index in [1.807, 2.05) is 29.0 Å². The summed E-state index contributed by atoms with van der Waals surface area (Å²) >= 11 is 0. The molecule has 2 aliphatic rings. The minimum Gasteiger partial charge on any atom is -0.345 e. The van der Waals surface area contributed by atoms with Crippen molar-refractivity contribution in [1.29, 1.82) is 0 Å². The highest BCUT2D eigenvalue weighted by Gasteiger charge is 2.33. The predicted octanol–water partition coefficient (Wildman–Crippen LogP) is 2.12. The Morgan fingerprint density at radius 3 is 2.38 bits per heavy atom. The zero-order valence-corrected chi connectivity index (χ0v) is 14.5. The number of hydrogen-bond donors (Lipinski definition) is 0. The van der Waals surface area contributed by atoms with Crippen LogP contribution in [0.2, 0.25) is 0 Å². The molecule has 0 radical (unpaired) electrons. The molecule has 1 aromatic rings. The highest BCUT2D eigenvalue weighted by molar-refractivity contribution is 5.81. The second kappa shape index (κ2) is 7.77. The maximum absolute atomic E-state index is 12.6. The summed E-state index contributed by atoms with van der Waals surface area (Å²) in [5.74, 6) is 0.871. The van der Waals surface area contributed by atoms with Crippen LogP contribution in [-0.2, 0) is 16.0 Å². The number of carbonyl (C=O) groups is 2. The van der Waals surface area contributed by atoms with Gasteiger partial charge in [0, 0.05) is 50.9 Å². The highest BCUT2D eigenvalue weighted by atomic mass is 16.2. The standard InChI is InChI=1S/C19H27N3O2/c1-21(12-7-15-5-10-20-11-6-15)18(23)17-8-13-22(14-9-17)19(24)16-3-2-4-16/h5-6,10-11,16-17H,2-4,7-9,12-14H2,1H3. The number of rotatable bonds is 5. The lowest BCUT2D eigenvalue weighted by Crippen LogP contribution is -2.46. The van der Waals surface area contributed by atoms with Gasteiger partial charge in [-0.2, -0.15) is 0 Å². The fraction of sp³-hybridized carbons (Fsp3) is 0.632. The summed E-state index contributed by atoms with van der Waals surface area (Å²) in [5.41, 5.74) is 1.20. The molecule has 0 unspecified atom stereocenters. The fourth-order valence-corrected chi connectivity index (χ4v) is 3.53. The van der Waals surface area contributed by atoms with Crippen molar-refractivity contribution < 1.29 is 9.59 Å². The Labute approximate surface area is 144 Å². The topological polar surface area (TPSA) is 53.5 Å². The molecule has 5 nitrogen and oxygen atoms in total. The number of pyridine rings is 1. The first-order chi connectivity index (χ1) is 11.6. The molecule has 130 valence electrons. The van der Waals surface area contributed by atoms with E-state index < -0.39 is 0 Å². The van der Waals surface area contributed by atoms with Gasteiger partial charge in [-0.1, -0.05) is 6.42 Å². The van der Waals surface area contributed by atoms with Gasteiger partial charge in [-0.3, -0.25) is 14.6 Å². The molecule has 2 heterocycles. The van der Waals surface area contributed by atoms with Crippen molar-refractivity contribution in [2.24, 2.45) is 11.8 Å². The van der Waals surface area contributed by atoms with Crippen LogP contribution >= 0.6 is 0 Å². The molecular formula is C19H27N3O2. The Morgan fingerprint density at radius 2 is 1.79 bits per heavy atom. The maximum Gasteiger partial charge on any atom is 0.225 e. The van der Waals surface area contributed by atoms with Crippen LogP contribution in [0.1, 0.15) is 37.7 Å². The number of piperidine rings is 1. The van der Waals surface area contributed by atoms with E-state index in [9.17, 15) is 9.59 Å². The summed E-state index contributed by atoms with van der Waals surface area (Å²) in [7, 11) is 1.88. The summed E-state index contributed by atoms with van der Waals surface area (Å²) < 4.78 is 0. The van der Waals surface area contributed by atoms with Gasteiger partial charge in [0.2, 0.25) is 11.8 Å². The molecule has 2 fully saturated rings. The van der Waals surface area contributed by atoms with Gasteiger partial charge in [0.25, 0.3) is 0 Å². The van der Waals surface area contributed by atoms with Crippen LogP contribution in [0.25, 0.3) is 0 Å². The smallest absolute Gasteiger partial charge is 0.225 e. The van der Waals surface area contributed by atoms with E-state index in [0.717, 1.165) is 51.7 Å². The zero-order valence-electron chi connectivity index (χ0n) is 14.5. The summed E-state index contributed by atoms with van der Waals surface area (Å²) in [6, 6.07) is 3.98. The monoisotopic (exact) mass is 329 g/mol. The number of aromatic nitrogens is 1. The quantitative estimate of drug-likeness (QED) is 0.831. The Hall–Kier alpha value is -1.91. The minimum absolute atomic E-state index is 0.0675. The van der Waals surface area contributed by atoms with Crippen molar-refractivity contribution >= 4 is 11.8 Å². The largest absolute Gasteiger partial charge is 0.345 e. The van der Waals surface area contributed by atoms with Gasteiger partial charge in [-0.05, 0) is 49.8 Å². The van der Waals surface area contributed by atoms with E-state index in [2.05, 4.69) is 4.98 Å². The van der Waals surface area contributed by atoms with Crippen LogP contribution < -0.4 is 0 Å². The minimum atomic E-state index is 0.0675. The van der Waals surface area contributed by atoms with Gasteiger partial charge in [0.05, 0.1) is 0 Å². The lowest BCUT2D eigenvalue weighted by Gasteiger charge is -2.37. The SMILES string of the molecule is CN(CCc1ccncc1)C(=O)C1CCN(C(=O)C2CCC2)CC1. The summed E-state index contributed by atoms with van der Waals surface area (Å²) in [6.07, 6.45) is 9.31. The van der Waals surface area contributed by atoms with Crippen LogP contribution in [0.5, 0.6) is 0 Å². The van der Waals surface area contributed by atoms with Gasteiger partial charge < -0.3 is 9.80 Å². The van der Waals surface area contributed by atoms with Gasteiger partial charge in [-0.15, -0.1) is 0 Å². The molecule has 0 spiro atoms. The highest BCUT2D eigenvalue weighted by Crippen LogP contribution is 2.30. The average Bonchev–Trinajstić information content (AvgIpc) is 2.58. The van der Waals surface area contributed by atoms with E-state index in [0.29, 0.717) is 5.91 Å². The van der Waals surface area contributed by atoms with Gasteiger partial charge in [0.1, 0.15) is 0 Å². The third kappa shape index (κ3) is 3.94. The molecule has 1 saturated heterocycles. The molecule has 0 atom stereocenters. The molecule has 1 saturated carbocycles. The second-order valence-corrected chi connectivity index (χ2v) is 7.09. The zero-order chi connectivity index (χ0) is 16.9. The number of hydrogen-bond acceptors (Lipinski definition) is 3. The Kier molecular flexibility index (Phi) is 5.48. The van der Waals surface area contributed by atoms with Crippen molar-refractivity contribution in [2.75, 3.05) is 26.7 Å². The summed E-state index contributed by atoms with van der Waals surface area (Å²) in [5, 5.41) is 0. The first-order valence-electron chi connectivity index (χ1n) is 9.08. The lowest BCUT2D eigenvalue weighted by molar-refractivity contribution is -0.143. The molecule has 1 aliphatic carbocycles. The number of amides is 2. The Balaban J connectivity index is 1.43. The van der Waals surface area contributed by atoms with Crippen LogP contribution in [0.4, 0.5) is 0 Å². The first kappa shape index (κ1) is 16.9. The van der Waals surface area contributed by atoms with Gasteiger partial charge >= 0.3 is 0 Å². The number of likely N-dealkylation sites (tertiary alicyclic amines) is 1. The molecule has 0 aromatic carbocycles. The molecule has 3 rings (SSSR count). The third-order valence-corrected chi connectivity index (χ3v) is 5.47. The van der Waals surface area contributed by atoms with Crippen molar-refractivity contribution in [1.82, 2.24) is 14.8 Å². The molecule has 0 N–H and O–H groups in total. The molecular weight excluding hydrogens is 302 g/mol.